The maximum Gasteiger partial charge on any atom is 0.165 e. The van der Waals surface area contributed by atoms with Gasteiger partial charge in [0, 0.05) is 50.2 Å². The molecule has 3 aromatic rings. The first kappa shape index (κ1) is 19.5. The number of hydrogen-bond donors (Lipinski definition) is 0. The summed E-state index contributed by atoms with van der Waals surface area (Å²) >= 11 is 0. The van der Waals surface area contributed by atoms with Gasteiger partial charge in [0.25, 0.3) is 0 Å². The van der Waals surface area contributed by atoms with Crippen molar-refractivity contribution in [3.05, 3.63) is 71.9 Å². The smallest absolute Gasteiger partial charge is 0.165 e. The largest absolute Gasteiger partial charge is 0.354 e. The van der Waals surface area contributed by atoms with Crippen LogP contribution in [0.5, 0.6) is 0 Å². The van der Waals surface area contributed by atoms with Gasteiger partial charge in [-0.3, -0.25) is 9.69 Å². The highest BCUT2D eigenvalue weighted by Crippen LogP contribution is 2.20. The zero-order chi connectivity index (χ0) is 20.2. The zero-order valence-corrected chi connectivity index (χ0v) is 16.2. The number of piperazine rings is 1. The Morgan fingerprint density at radius 3 is 2.48 bits per heavy atom. The summed E-state index contributed by atoms with van der Waals surface area (Å²) < 4.78 is 26.7. The maximum atomic E-state index is 13.7. The molecule has 0 amide bonds. The van der Waals surface area contributed by atoms with Gasteiger partial charge >= 0.3 is 0 Å². The number of ketones is 1. The van der Waals surface area contributed by atoms with Crippen LogP contribution >= 0.6 is 0 Å². The number of rotatable bonds is 6. The topological polar surface area (TPSA) is 36.4 Å². The molecular formula is C23H23F2N3O. The van der Waals surface area contributed by atoms with Crippen LogP contribution < -0.4 is 4.90 Å². The molecule has 1 aromatic heterocycles. The SMILES string of the molecule is O=C(CCCN1CCN(c2cc3ccccc3cn2)CC1)c1ccc(F)cc1F. The van der Waals surface area contributed by atoms with Gasteiger partial charge in [-0.15, -0.1) is 0 Å². The highest BCUT2D eigenvalue weighted by molar-refractivity contribution is 5.96. The molecule has 0 N–H and O–H groups in total. The van der Waals surface area contributed by atoms with Crippen LogP contribution in [0.15, 0.2) is 54.7 Å². The average molecular weight is 395 g/mol. The van der Waals surface area contributed by atoms with Crippen molar-refractivity contribution in [2.45, 2.75) is 12.8 Å². The van der Waals surface area contributed by atoms with Crippen LogP contribution in [0.3, 0.4) is 0 Å². The van der Waals surface area contributed by atoms with E-state index < -0.39 is 11.6 Å². The van der Waals surface area contributed by atoms with Crippen molar-refractivity contribution in [3.8, 4) is 0 Å². The molecule has 2 aromatic carbocycles. The van der Waals surface area contributed by atoms with Crippen LogP contribution in [-0.4, -0.2) is 48.4 Å². The van der Waals surface area contributed by atoms with Crippen molar-refractivity contribution < 1.29 is 13.6 Å². The summed E-state index contributed by atoms with van der Waals surface area (Å²) in [6, 6.07) is 13.4. The molecule has 0 unspecified atom stereocenters. The van der Waals surface area contributed by atoms with Gasteiger partial charge in [0.2, 0.25) is 0 Å². The Morgan fingerprint density at radius 2 is 1.72 bits per heavy atom. The van der Waals surface area contributed by atoms with Gasteiger partial charge in [0.05, 0.1) is 5.56 Å². The number of nitrogens with zero attached hydrogens (tertiary/aromatic N) is 3. The Balaban J connectivity index is 1.26. The van der Waals surface area contributed by atoms with Gasteiger partial charge in [-0.1, -0.05) is 24.3 Å². The third-order valence-electron chi connectivity index (χ3n) is 5.42. The molecular weight excluding hydrogens is 372 g/mol. The van der Waals surface area contributed by atoms with E-state index in [0.717, 1.165) is 56.1 Å². The number of fused-ring (bicyclic) bond motifs is 1. The number of carbonyl (C=O) groups excluding carboxylic acids is 1. The van der Waals surface area contributed by atoms with Crippen molar-refractivity contribution >= 4 is 22.4 Å². The number of benzene rings is 2. The van der Waals surface area contributed by atoms with Crippen molar-refractivity contribution in [1.29, 1.82) is 0 Å². The van der Waals surface area contributed by atoms with Crippen molar-refractivity contribution in [2.75, 3.05) is 37.6 Å². The lowest BCUT2D eigenvalue weighted by Crippen LogP contribution is -2.47. The molecule has 1 aliphatic rings. The van der Waals surface area contributed by atoms with Gasteiger partial charge in [-0.05, 0) is 36.6 Å². The molecule has 0 radical (unpaired) electrons. The second kappa shape index (κ2) is 8.66. The summed E-state index contributed by atoms with van der Waals surface area (Å²) in [5, 5.41) is 2.32. The first-order valence-corrected chi connectivity index (χ1v) is 9.90. The summed E-state index contributed by atoms with van der Waals surface area (Å²) in [4.78, 5) is 21.3. The van der Waals surface area contributed by atoms with Crippen molar-refractivity contribution in [3.63, 3.8) is 0 Å². The van der Waals surface area contributed by atoms with Crippen LogP contribution in [-0.2, 0) is 0 Å². The predicted molar refractivity (Wildman–Crippen MR) is 110 cm³/mol. The number of carbonyl (C=O) groups is 1. The number of Topliss-reactive ketones (excluding diaryl/α,β-unsaturated/α-hetero) is 1. The van der Waals surface area contributed by atoms with E-state index >= 15 is 0 Å². The fraction of sp³-hybridized carbons (Fsp3) is 0.304. The fourth-order valence-electron chi connectivity index (χ4n) is 3.76. The molecule has 0 bridgehead atoms. The fourth-order valence-corrected chi connectivity index (χ4v) is 3.76. The third-order valence-corrected chi connectivity index (χ3v) is 5.42. The molecule has 0 aliphatic carbocycles. The van der Waals surface area contributed by atoms with Gasteiger partial charge in [0.1, 0.15) is 17.5 Å². The van der Waals surface area contributed by atoms with Crippen LogP contribution in [0.4, 0.5) is 14.6 Å². The molecule has 6 heteroatoms. The number of aromatic nitrogens is 1. The Labute approximate surface area is 168 Å². The lowest BCUT2D eigenvalue weighted by atomic mass is 10.1. The van der Waals surface area contributed by atoms with Crippen LogP contribution in [0, 0.1) is 11.6 Å². The summed E-state index contributed by atoms with van der Waals surface area (Å²) in [5.41, 5.74) is -0.0291. The first-order valence-electron chi connectivity index (χ1n) is 9.90. The average Bonchev–Trinajstić information content (AvgIpc) is 2.74. The monoisotopic (exact) mass is 395 g/mol. The Hall–Kier alpha value is -2.86. The van der Waals surface area contributed by atoms with E-state index in [1.54, 1.807) is 0 Å². The second-order valence-electron chi connectivity index (χ2n) is 7.37. The minimum Gasteiger partial charge on any atom is -0.354 e. The first-order chi connectivity index (χ1) is 14.1. The number of hydrogen-bond acceptors (Lipinski definition) is 4. The Kier molecular flexibility index (Phi) is 5.81. The molecule has 0 spiro atoms. The second-order valence-corrected chi connectivity index (χ2v) is 7.37. The Morgan fingerprint density at radius 1 is 0.966 bits per heavy atom. The summed E-state index contributed by atoms with van der Waals surface area (Å²) in [5.74, 6) is -0.740. The van der Waals surface area contributed by atoms with E-state index in [2.05, 4.69) is 33.0 Å². The van der Waals surface area contributed by atoms with E-state index in [9.17, 15) is 13.6 Å². The summed E-state index contributed by atoms with van der Waals surface area (Å²) in [6.07, 6.45) is 2.83. The number of pyridine rings is 1. The summed E-state index contributed by atoms with van der Waals surface area (Å²) in [6.45, 7) is 4.34. The van der Waals surface area contributed by atoms with E-state index in [0.29, 0.717) is 6.42 Å². The molecule has 150 valence electrons. The highest BCUT2D eigenvalue weighted by Gasteiger charge is 2.19. The van der Waals surface area contributed by atoms with Crippen LogP contribution in [0.1, 0.15) is 23.2 Å². The minimum atomic E-state index is -0.786. The standard InChI is InChI=1S/C23H23F2N3O/c24-19-7-8-20(21(25)15-19)22(29)6-3-9-27-10-12-28(13-11-27)23-14-17-4-1-2-5-18(17)16-26-23/h1-2,4-5,7-8,14-16H,3,6,9-13H2. The molecule has 2 heterocycles. The van der Waals surface area contributed by atoms with E-state index in [4.69, 9.17) is 0 Å². The molecule has 1 saturated heterocycles. The predicted octanol–water partition coefficient (Wildman–Crippen LogP) is 4.30. The highest BCUT2D eigenvalue weighted by atomic mass is 19.1. The van der Waals surface area contributed by atoms with Crippen LogP contribution in [0.25, 0.3) is 10.8 Å². The normalized spacial score (nSPS) is 15.0. The van der Waals surface area contributed by atoms with E-state index in [1.807, 2.05) is 18.3 Å². The van der Waals surface area contributed by atoms with Gasteiger partial charge < -0.3 is 4.90 Å². The molecule has 0 atom stereocenters. The van der Waals surface area contributed by atoms with Gasteiger partial charge in [-0.2, -0.15) is 0 Å². The lowest BCUT2D eigenvalue weighted by molar-refractivity contribution is 0.0970. The molecule has 29 heavy (non-hydrogen) atoms. The number of anilines is 1. The maximum absolute atomic E-state index is 13.7. The molecule has 1 fully saturated rings. The number of halogens is 2. The van der Waals surface area contributed by atoms with E-state index in [1.165, 1.54) is 11.5 Å². The minimum absolute atomic E-state index is 0.0291. The zero-order valence-electron chi connectivity index (χ0n) is 16.2. The molecule has 0 saturated carbocycles. The van der Waals surface area contributed by atoms with E-state index in [-0.39, 0.29) is 17.8 Å². The Bertz CT molecular complexity index is 1020. The molecule has 4 rings (SSSR count). The van der Waals surface area contributed by atoms with Gasteiger partial charge in [-0.25, -0.2) is 13.8 Å². The summed E-state index contributed by atoms with van der Waals surface area (Å²) in [7, 11) is 0. The molecule has 1 aliphatic heterocycles. The third kappa shape index (κ3) is 4.59. The van der Waals surface area contributed by atoms with Crippen LogP contribution in [0.2, 0.25) is 0 Å². The lowest BCUT2D eigenvalue weighted by Gasteiger charge is -2.35. The quantitative estimate of drug-likeness (QED) is 0.583. The van der Waals surface area contributed by atoms with Gasteiger partial charge in [0.15, 0.2) is 5.78 Å². The van der Waals surface area contributed by atoms with Crippen molar-refractivity contribution in [1.82, 2.24) is 9.88 Å². The van der Waals surface area contributed by atoms with Crippen molar-refractivity contribution in [2.24, 2.45) is 0 Å². The molecule has 4 nitrogen and oxygen atoms in total.